The third kappa shape index (κ3) is 3.15. The molecule has 0 saturated heterocycles. The van der Waals surface area contributed by atoms with Gasteiger partial charge in [0.15, 0.2) is 5.82 Å². The highest BCUT2D eigenvalue weighted by molar-refractivity contribution is 9.11. The van der Waals surface area contributed by atoms with Gasteiger partial charge in [-0.25, -0.2) is 9.97 Å². The number of hydrogen-bond donors (Lipinski definition) is 0. The van der Waals surface area contributed by atoms with E-state index in [-0.39, 0.29) is 0 Å². The minimum absolute atomic E-state index is 0.374. The minimum Gasteiger partial charge on any atom is -0.263 e. The molecule has 0 bridgehead atoms. The van der Waals surface area contributed by atoms with Crippen molar-refractivity contribution < 1.29 is 0 Å². The number of halogens is 3. The molecule has 0 aliphatic carbocycles. The second kappa shape index (κ2) is 6.22. The van der Waals surface area contributed by atoms with Crippen molar-refractivity contribution in [1.29, 1.82) is 0 Å². The van der Waals surface area contributed by atoms with Gasteiger partial charge in [0.05, 0.1) is 10.2 Å². The van der Waals surface area contributed by atoms with E-state index in [4.69, 9.17) is 11.6 Å². The molecule has 3 aromatic rings. The number of hydrogen-bond acceptors (Lipinski definition) is 3. The van der Waals surface area contributed by atoms with Crippen molar-refractivity contribution in [2.24, 2.45) is 0 Å². The van der Waals surface area contributed by atoms with Gasteiger partial charge >= 0.3 is 0 Å². The number of aromatic nitrogens is 3. The molecule has 0 aliphatic heterocycles. The molecular formula is C15H8Br2ClN3. The Balaban J connectivity index is 2.19. The standard InChI is InChI=1S/C15H8Br2ClN3/c16-11-6-10(7-19-8-11)15-20-13(12(17)14(18)21-15)9-4-2-1-3-5-9/h1-8H. The molecule has 0 fully saturated rings. The van der Waals surface area contributed by atoms with Crippen molar-refractivity contribution in [1.82, 2.24) is 15.0 Å². The molecule has 3 rings (SSSR count). The van der Waals surface area contributed by atoms with Crippen LogP contribution in [-0.4, -0.2) is 15.0 Å². The fourth-order valence-electron chi connectivity index (χ4n) is 1.87. The molecule has 0 amide bonds. The molecular weight excluding hydrogens is 417 g/mol. The van der Waals surface area contributed by atoms with Crippen molar-refractivity contribution in [2.75, 3.05) is 0 Å². The SMILES string of the molecule is Clc1nc(-c2cncc(Br)c2)nc(-c2ccccc2)c1Br. The molecule has 0 radical (unpaired) electrons. The van der Waals surface area contributed by atoms with Crippen molar-refractivity contribution in [3.05, 3.63) is 62.9 Å². The lowest BCUT2D eigenvalue weighted by Crippen LogP contribution is -1.95. The Morgan fingerprint density at radius 3 is 2.38 bits per heavy atom. The largest absolute Gasteiger partial charge is 0.263 e. The predicted octanol–water partition coefficient (Wildman–Crippen LogP) is 5.38. The monoisotopic (exact) mass is 423 g/mol. The zero-order valence-corrected chi connectivity index (χ0v) is 14.5. The summed E-state index contributed by atoms with van der Waals surface area (Å²) in [4.78, 5) is 13.1. The zero-order valence-electron chi connectivity index (χ0n) is 10.6. The first-order valence-corrected chi connectivity index (χ1v) is 8.01. The van der Waals surface area contributed by atoms with E-state index >= 15 is 0 Å². The first kappa shape index (κ1) is 14.6. The molecule has 2 aromatic heterocycles. The summed E-state index contributed by atoms with van der Waals surface area (Å²) in [6, 6.07) is 11.7. The topological polar surface area (TPSA) is 38.7 Å². The van der Waals surface area contributed by atoms with Crippen LogP contribution in [0.25, 0.3) is 22.6 Å². The fourth-order valence-corrected chi connectivity index (χ4v) is 2.81. The molecule has 0 atom stereocenters. The van der Waals surface area contributed by atoms with Crippen LogP contribution >= 0.6 is 43.5 Å². The third-order valence-corrected chi connectivity index (χ3v) is 4.51. The lowest BCUT2D eigenvalue weighted by Gasteiger charge is -2.08. The van der Waals surface area contributed by atoms with Gasteiger partial charge in [0, 0.05) is 28.0 Å². The van der Waals surface area contributed by atoms with E-state index in [9.17, 15) is 0 Å². The van der Waals surface area contributed by atoms with Crippen molar-refractivity contribution in [3.8, 4) is 22.6 Å². The van der Waals surface area contributed by atoms with E-state index in [0.717, 1.165) is 21.3 Å². The first-order valence-electron chi connectivity index (χ1n) is 6.04. The first-order chi connectivity index (χ1) is 10.1. The summed E-state index contributed by atoms with van der Waals surface area (Å²) in [7, 11) is 0. The normalized spacial score (nSPS) is 10.6. The van der Waals surface area contributed by atoms with Gasteiger partial charge in [-0.1, -0.05) is 41.9 Å². The van der Waals surface area contributed by atoms with Gasteiger partial charge in [0.25, 0.3) is 0 Å². The smallest absolute Gasteiger partial charge is 0.163 e. The summed E-state index contributed by atoms with van der Waals surface area (Å²) in [6.45, 7) is 0. The van der Waals surface area contributed by atoms with Gasteiger partial charge in [-0.2, -0.15) is 0 Å². The summed E-state index contributed by atoms with van der Waals surface area (Å²) in [5, 5.41) is 0.374. The van der Waals surface area contributed by atoms with Gasteiger partial charge in [-0.05, 0) is 37.9 Å². The molecule has 104 valence electrons. The molecule has 0 unspecified atom stereocenters. The van der Waals surface area contributed by atoms with E-state index in [2.05, 4.69) is 46.8 Å². The third-order valence-electron chi connectivity index (χ3n) is 2.82. The maximum atomic E-state index is 6.23. The van der Waals surface area contributed by atoms with Crippen LogP contribution in [0.15, 0.2) is 57.7 Å². The average molecular weight is 426 g/mol. The van der Waals surface area contributed by atoms with Gasteiger partial charge in [0.1, 0.15) is 5.15 Å². The second-order valence-electron chi connectivity index (χ2n) is 4.26. The maximum Gasteiger partial charge on any atom is 0.163 e. The number of pyridine rings is 1. The van der Waals surface area contributed by atoms with E-state index in [0.29, 0.717) is 15.5 Å². The van der Waals surface area contributed by atoms with Gasteiger partial charge in [-0.3, -0.25) is 4.98 Å². The average Bonchev–Trinajstić information content (AvgIpc) is 2.51. The molecule has 6 heteroatoms. The van der Waals surface area contributed by atoms with Gasteiger partial charge in [-0.15, -0.1) is 0 Å². The van der Waals surface area contributed by atoms with Crippen LogP contribution in [0.4, 0.5) is 0 Å². The summed E-state index contributed by atoms with van der Waals surface area (Å²) in [5.74, 6) is 0.538. The van der Waals surface area contributed by atoms with Gasteiger partial charge in [0.2, 0.25) is 0 Å². The molecule has 21 heavy (non-hydrogen) atoms. The quantitative estimate of drug-likeness (QED) is 0.517. The van der Waals surface area contributed by atoms with E-state index in [1.54, 1.807) is 12.4 Å². The molecule has 0 aliphatic rings. The van der Waals surface area contributed by atoms with E-state index in [1.165, 1.54) is 0 Å². The highest BCUT2D eigenvalue weighted by atomic mass is 79.9. The van der Waals surface area contributed by atoms with E-state index < -0.39 is 0 Å². The number of rotatable bonds is 2. The molecule has 0 N–H and O–H groups in total. The lowest BCUT2D eigenvalue weighted by atomic mass is 10.1. The van der Waals surface area contributed by atoms with Crippen molar-refractivity contribution in [3.63, 3.8) is 0 Å². The van der Waals surface area contributed by atoms with Crippen LogP contribution in [0.3, 0.4) is 0 Å². The minimum atomic E-state index is 0.374. The molecule has 2 heterocycles. The predicted molar refractivity (Wildman–Crippen MR) is 91.1 cm³/mol. The Kier molecular flexibility index (Phi) is 4.33. The van der Waals surface area contributed by atoms with Crippen LogP contribution in [0, 0.1) is 0 Å². The van der Waals surface area contributed by atoms with Crippen molar-refractivity contribution >= 4 is 43.5 Å². The Labute approximate surface area is 143 Å². The summed E-state index contributed by atoms with van der Waals surface area (Å²) >= 11 is 13.1. The Hall–Kier alpha value is -1.30. The van der Waals surface area contributed by atoms with Crippen LogP contribution < -0.4 is 0 Å². The Bertz CT molecular complexity index is 794. The fraction of sp³-hybridized carbons (Fsp3) is 0. The maximum absolute atomic E-state index is 6.23. The number of nitrogens with zero attached hydrogens (tertiary/aromatic N) is 3. The summed E-state index contributed by atoms with van der Waals surface area (Å²) in [6.07, 6.45) is 3.42. The molecule has 1 aromatic carbocycles. The summed E-state index contributed by atoms with van der Waals surface area (Å²) in [5.41, 5.74) is 2.53. The second-order valence-corrected chi connectivity index (χ2v) is 6.33. The highest BCUT2D eigenvalue weighted by Gasteiger charge is 2.14. The van der Waals surface area contributed by atoms with Crippen LogP contribution in [0.1, 0.15) is 0 Å². The molecule has 0 saturated carbocycles. The zero-order chi connectivity index (χ0) is 14.8. The lowest BCUT2D eigenvalue weighted by molar-refractivity contribution is 1.15. The molecule has 0 spiro atoms. The van der Waals surface area contributed by atoms with E-state index in [1.807, 2.05) is 36.4 Å². The Morgan fingerprint density at radius 2 is 1.67 bits per heavy atom. The Morgan fingerprint density at radius 1 is 0.905 bits per heavy atom. The highest BCUT2D eigenvalue weighted by Crippen LogP contribution is 2.33. The van der Waals surface area contributed by atoms with Crippen LogP contribution in [0.5, 0.6) is 0 Å². The summed E-state index contributed by atoms with van der Waals surface area (Å²) < 4.78 is 1.55. The van der Waals surface area contributed by atoms with Gasteiger partial charge < -0.3 is 0 Å². The van der Waals surface area contributed by atoms with Crippen LogP contribution in [0.2, 0.25) is 5.15 Å². The van der Waals surface area contributed by atoms with Crippen molar-refractivity contribution in [2.45, 2.75) is 0 Å². The number of benzene rings is 1. The van der Waals surface area contributed by atoms with Crippen LogP contribution in [-0.2, 0) is 0 Å². The molecule has 3 nitrogen and oxygen atoms in total.